The zero-order chi connectivity index (χ0) is 16.1. The smallest absolute Gasteiger partial charge is 0.269 e. The van der Waals surface area contributed by atoms with E-state index in [4.69, 9.17) is 0 Å². The largest absolute Gasteiger partial charge is 0.325 e. The van der Waals surface area contributed by atoms with Gasteiger partial charge in [0.05, 0.1) is 11.5 Å². The number of amides is 1. The molecule has 0 spiro atoms. The molecule has 1 aromatic carbocycles. The van der Waals surface area contributed by atoms with Crippen molar-refractivity contribution in [3.05, 3.63) is 34.4 Å². The number of hydrogen-bond donors (Lipinski definition) is 1. The molecule has 1 aliphatic rings. The summed E-state index contributed by atoms with van der Waals surface area (Å²) in [6.07, 6.45) is 3.42. The topological polar surface area (TPSA) is 75.5 Å². The number of nitro groups is 1. The van der Waals surface area contributed by atoms with Crippen LogP contribution in [0.2, 0.25) is 0 Å². The van der Waals surface area contributed by atoms with Crippen molar-refractivity contribution in [3.63, 3.8) is 0 Å². The van der Waals surface area contributed by atoms with Gasteiger partial charge in [-0.1, -0.05) is 13.8 Å². The van der Waals surface area contributed by atoms with Crippen molar-refractivity contribution in [3.8, 4) is 0 Å². The Bertz CT molecular complexity index is 524. The van der Waals surface area contributed by atoms with Crippen LogP contribution in [0.15, 0.2) is 24.3 Å². The van der Waals surface area contributed by atoms with E-state index < -0.39 is 4.92 Å². The lowest BCUT2D eigenvalue weighted by atomic mass is 10.1. The fourth-order valence-corrected chi connectivity index (χ4v) is 2.31. The number of hydrogen-bond acceptors (Lipinski definition) is 4. The van der Waals surface area contributed by atoms with Gasteiger partial charge >= 0.3 is 0 Å². The summed E-state index contributed by atoms with van der Waals surface area (Å²) in [4.78, 5) is 24.5. The highest BCUT2D eigenvalue weighted by atomic mass is 16.6. The summed E-state index contributed by atoms with van der Waals surface area (Å²) in [5, 5.41) is 13.4. The van der Waals surface area contributed by atoms with E-state index in [-0.39, 0.29) is 11.6 Å². The molecule has 22 heavy (non-hydrogen) atoms. The van der Waals surface area contributed by atoms with Gasteiger partial charge in [0.2, 0.25) is 5.91 Å². The second-order valence-corrected chi connectivity index (χ2v) is 6.24. The van der Waals surface area contributed by atoms with Crippen LogP contribution in [0.4, 0.5) is 11.4 Å². The maximum absolute atomic E-state index is 12.1. The van der Waals surface area contributed by atoms with Crippen molar-refractivity contribution < 1.29 is 9.72 Å². The minimum Gasteiger partial charge on any atom is -0.325 e. The Labute approximate surface area is 130 Å². The highest BCUT2D eigenvalue weighted by Crippen LogP contribution is 2.27. The van der Waals surface area contributed by atoms with Gasteiger partial charge in [-0.05, 0) is 43.9 Å². The monoisotopic (exact) mass is 305 g/mol. The van der Waals surface area contributed by atoms with Crippen LogP contribution in [0.3, 0.4) is 0 Å². The van der Waals surface area contributed by atoms with Crippen LogP contribution in [0.25, 0.3) is 0 Å². The number of nitrogens with zero attached hydrogens (tertiary/aromatic N) is 2. The molecule has 1 saturated carbocycles. The Hall–Kier alpha value is -1.95. The molecule has 0 aliphatic heterocycles. The van der Waals surface area contributed by atoms with Crippen molar-refractivity contribution in [2.45, 2.75) is 39.2 Å². The molecule has 0 atom stereocenters. The highest BCUT2D eigenvalue weighted by molar-refractivity contribution is 5.92. The highest BCUT2D eigenvalue weighted by Gasteiger charge is 2.30. The van der Waals surface area contributed by atoms with Crippen LogP contribution < -0.4 is 5.32 Å². The summed E-state index contributed by atoms with van der Waals surface area (Å²) in [6, 6.07) is 6.46. The molecule has 120 valence electrons. The third kappa shape index (κ3) is 5.11. The lowest BCUT2D eigenvalue weighted by molar-refractivity contribution is -0.384. The summed E-state index contributed by atoms with van der Waals surface area (Å²) in [6.45, 7) is 5.69. The Balaban J connectivity index is 1.86. The zero-order valence-electron chi connectivity index (χ0n) is 13.1. The maximum atomic E-state index is 12.1. The number of carbonyl (C=O) groups excluding carboxylic acids is 1. The van der Waals surface area contributed by atoms with Gasteiger partial charge in [-0.25, -0.2) is 0 Å². The minimum absolute atomic E-state index is 0.0227. The molecule has 0 heterocycles. The molecule has 1 aliphatic carbocycles. The van der Waals surface area contributed by atoms with Crippen molar-refractivity contribution >= 4 is 17.3 Å². The van der Waals surface area contributed by atoms with Crippen LogP contribution in [-0.2, 0) is 4.79 Å². The average molecular weight is 305 g/mol. The van der Waals surface area contributed by atoms with E-state index in [0.717, 1.165) is 13.0 Å². The average Bonchev–Trinajstić information content (AvgIpc) is 3.28. The van der Waals surface area contributed by atoms with E-state index in [9.17, 15) is 14.9 Å². The predicted molar refractivity (Wildman–Crippen MR) is 85.8 cm³/mol. The predicted octanol–water partition coefficient (Wildman–Crippen LogP) is 3.04. The summed E-state index contributed by atoms with van der Waals surface area (Å²) in [7, 11) is 0. The van der Waals surface area contributed by atoms with Crippen LogP contribution in [0.1, 0.15) is 33.1 Å². The van der Waals surface area contributed by atoms with Crippen molar-refractivity contribution in [1.82, 2.24) is 4.90 Å². The SMILES string of the molecule is CC(C)CCN(CC(=O)Nc1ccc([N+](=O)[O-])cc1)C1CC1. The number of benzene rings is 1. The summed E-state index contributed by atoms with van der Waals surface area (Å²) >= 11 is 0. The molecule has 1 fully saturated rings. The van der Waals surface area contributed by atoms with Crippen LogP contribution in [0.5, 0.6) is 0 Å². The molecule has 1 amide bonds. The van der Waals surface area contributed by atoms with E-state index in [2.05, 4.69) is 24.1 Å². The zero-order valence-corrected chi connectivity index (χ0v) is 13.1. The number of rotatable bonds is 8. The quantitative estimate of drug-likeness (QED) is 0.591. The molecular weight excluding hydrogens is 282 g/mol. The van der Waals surface area contributed by atoms with Gasteiger partial charge in [-0.15, -0.1) is 0 Å². The van der Waals surface area contributed by atoms with Gasteiger partial charge in [0.1, 0.15) is 0 Å². The third-order valence-electron chi connectivity index (χ3n) is 3.77. The van der Waals surface area contributed by atoms with Crippen molar-refractivity contribution in [2.75, 3.05) is 18.4 Å². The van der Waals surface area contributed by atoms with E-state index in [1.165, 1.54) is 25.0 Å². The maximum Gasteiger partial charge on any atom is 0.269 e. The first-order valence-corrected chi connectivity index (χ1v) is 7.74. The third-order valence-corrected chi connectivity index (χ3v) is 3.77. The Kier molecular flexibility index (Phi) is 5.49. The molecule has 6 heteroatoms. The van der Waals surface area contributed by atoms with Gasteiger partial charge in [-0.2, -0.15) is 0 Å². The number of carbonyl (C=O) groups is 1. The molecule has 0 saturated heterocycles. The standard InChI is InChI=1S/C16H23N3O3/c1-12(2)9-10-18(14-7-8-14)11-16(20)17-13-3-5-15(6-4-13)19(21)22/h3-6,12,14H,7-11H2,1-2H3,(H,17,20). The van der Waals surface area contributed by atoms with Gasteiger partial charge in [0, 0.05) is 23.9 Å². The van der Waals surface area contributed by atoms with Gasteiger partial charge in [0.25, 0.3) is 5.69 Å². The van der Waals surface area contributed by atoms with E-state index in [1.807, 2.05) is 0 Å². The molecule has 1 N–H and O–H groups in total. The lowest BCUT2D eigenvalue weighted by Crippen LogP contribution is -2.36. The molecule has 0 unspecified atom stereocenters. The van der Waals surface area contributed by atoms with E-state index >= 15 is 0 Å². The van der Waals surface area contributed by atoms with Gasteiger partial charge < -0.3 is 5.32 Å². The molecule has 1 aromatic rings. The number of anilines is 1. The van der Waals surface area contributed by atoms with E-state index in [1.54, 1.807) is 12.1 Å². The molecule has 2 rings (SSSR count). The molecule has 0 bridgehead atoms. The van der Waals surface area contributed by atoms with Crippen molar-refractivity contribution in [1.29, 1.82) is 0 Å². The van der Waals surface area contributed by atoms with Crippen LogP contribution in [0, 0.1) is 16.0 Å². The Morgan fingerprint density at radius 3 is 2.50 bits per heavy atom. The second-order valence-electron chi connectivity index (χ2n) is 6.24. The normalized spacial score (nSPS) is 14.4. The minimum atomic E-state index is -0.452. The fraction of sp³-hybridized carbons (Fsp3) is 0.562. The molecule has 0 aromatic heterocycles. The summed E-state index contributed by atoms with van der Waals surface area (Å²) in [5.74, 6) is 0.559. The first kappa shape index (κ1) is 16.4. The Morgan fingerprint density at radius 1 is 1.36 bits per heavy atom. The molecular formula is C16H23N3O3. The Morgan fingerprint density at radius 2 is 2.00 bits per heavy atom. The molecule has 0 radical (unpaired) electrons. The summed E-state index contributed by atoms with van der Waals surface area (Å²) < 4.78 is 0. The lowest BCUT2D eigenvalue weighted by Gasteiger charge is -2.22. The first-order chi connectivity index (χ1) is 10.5. The number of non-ortho nitro benzene ring substituents is 1. The fourth-order valence-electron chi connectivity index (χ4n) is 2.31. The van der Waals surface area contributed by atoms with E-state index in [0.29, 0.717) is 24.2 Å². The number of nitro benzene ring substituents is 1. The molecule has 6 nitrogen and oxygen atoms in total. The van der Waals surface area contributed by atoms with Gasteiger partial charge in [-0.3, -0.25) is 19.8 Å². The van der Waals surface area contributed by atoms with Gasteiger partial charge in [0.15, 0.2) is 0 Å². The second kappa shape index (κ2) is 7.35. The van der Waals surface area contributed by atoms with Crippen LogP contribution in [-0.4, -0.2) is 34.9 Å². The first-order valence-electron chi connectivity index (χ1n) is 7.74. The van der Waals surface area contributed by atoms with Crippen LogP contribution >= 0.6 is 0 Å². The van der Waals surface area contributed by atoms with Crippen molar-refractivity contribution in [2.24, 2.45) is 5.92 Å². The number of nitrogens with one attached hydrogen (secondary N) is 1. The summed E-state index contributed by atoms with van der Waals surface area (Å²) in [5.41, 5.74) is 0.616.